The molecule has 1 amide bonds. The molecule has 0 saturated carbocycles. The van der Waals surface area contributed by atoms with Gasteiger partial charge in [0.15, 0.2) is 0 Å². The fourth-order valence-electron chi connectivity index (χ4n) is 2.27. The molecule has 1 atom stereocenters. The molecule has 1 saturated heterocycles. The molecule has 6 nitrogen and oxygen atoms in total. The Bertz CT molecular complexity index is 500. The van der Waals surface area contributed by atoms with Crippen LogP contribution in [0.1, 0.15) is 23.7 Å². The van der Waals surface area contributed by atoms with Crippen LogP contribution in [0, 0.1) is 15.5 Å². The summed E-state index contributed by atoms with van der Waals surface area (Å²) in [5.41, 5.74) is 6.16. The van der Waals surface area contributed by atoms with E-state index in [4.69, 9.17) is 5.73 Å². The zero-order valence-corrected chi connectivity index (χ0v) is 10.8. The number of hydrogen-bond acceptors (Lipinski definition) is 4. The molecule has 0 radical (unpaired) electrons. The van der Waals surface area contributed by atoms with Gasteiger partial charge >= 0.3 is 0 Å². The molecule has 1 fully saturated rings. The normalized spacial score (nSPS) is 22.5. The summed E-state index contributed by atoms with van der Waals surface area (Å²) in [5.74, 6) is -0.0907. The van der Waals surface area contributed by atoms with Gasteiger partial charge in [-0.25, -0.2) is 0 Å². The molecule has 6 heteroatoms. The monoisotopic (exact) mass is 263 g/mol. The lowest BCUT2D eigenvalue weighted by Gasteiger charge is -2.22. The van der Waals surface area contributed by atoms with Gasteiger partial charge in [0.1, 0.15) is 0 Å². The van der Waals surface area contributed by atoms with E-state index in [1.54, 1.807) is 4.90 Å². The van der Waals surface area contributed by atoms with Crippen LogP contribution >= 0.6 is 0 Å². The lowest BCUT2D eigenvalue weighted by Crippen LogP contribution is -2.34. The van der Waals surface area contributed by atoms with Gasteiger partial charge in [0.25, 0.3) is 11.6 Å². The molecule has 1 unspecified atom stereocenters. The van der Waals surface area contributed by atoms with Gasteiger partial charge in [-0.1, -0.05) is 6.92 Å². The van der Waals surface area contributed by atoms with Gasteiger partial charge in [0.2, 0.25) is 0 Å². The van der Waals surface area contributed by atoms with Crippen molar-refractivity contribution in [3.8, 4) is 0 Å². The number of benzene rings is 1. The lowest BCUT2D eigenvalue weighted by molar-refractivity contribution is -0.384. The lowest BCUT2D eigenvalue weighted by atomic mass is 9.90. The average molecular weight is 263 g/mol. The minimum atomic E-state index is -0.477. The highest BCUT2D eigenvalue weighted by atomic mass is 16.6. The van der Waals surface area contributed by atoms with Crippen LogP contribution in [0.15, 0.2) is 24.3 Å². The van der Waals surface area contributed by atoms with E-state index in [1.807, 2.05) is 0 Å². The molecule has 1 aliphatic heterocycles. The summed E-state index contributed by atoms with van der Waals surface area (Å²) in [6.45, 7) is 3.94. The zero-order chi connectivity index (χ0) is 14.0. The summed E-state index contributed by atoms with van der Waals surface area (Å²) < 4.78 is 0. The predicted molar refractivity (Wildman–Crippen MR) is 70.8 cm³/mol. The summed E-state index contributed by atoms with van der Waals surface area (Å²) in [7, 11) is 0. The second-order valence-electron chi connectivity index (χ2n) is 5.30. The number of nitro groups is 1. The van der Waals surface area contributed by atoms with Gasteiger partial charge in [0, 0.05) is 30.8 Å². The molecular weight excluding hydrogens is 246 g/mol. The second kappa shape index (κ2) is 4.97. The molecule has 1 aliphatic rings. The van der Waals surface area contributed by atoms with Crippen LogP contribution in [0.4, 0.5) is 5.69 Å². The minimum absolute atomic E-state index is 0.00947. The first-order chi connectivity index (χ1) is 8.95. The quantitative estimate of drug-likeness (QED) is 0.659. The van der Waals surface area contributed by atoms with Crippen LogP contribution in [0.25, 0.3) is 0 Å². The first-order valence-electron chi connectivity index (χ1n) is 6.19. The maximum Gasteiger partial charge on any atom is 0.269 e. The summed E-state index contributed by atoms with van der Waals surface area (Å²) in [6, 6.07) is 5.70. The number of nitrogens with two attached hydrogens (primary N) is 1. The van der Waals surface area contributed by atoms with E-state index in [-0.39, 0.29) is 17.0 Å². The third-order valence-electron chi connectivity index (χ3n) is 3.66. The maximum atomic E-state index is 12.2. The molecule has 0 spiro atoms. The second-order valence-corrected chi connectivity index (χ2v) is 5.30. The number of rotatable bonds is 3. The number of nitrogens with zero attached hydrogens (tertiary/aromatic N) is 2. The fourth-order valence-corrected chi connectivity index (χ4v) is 2.27. The molecule has 0 aromatic heterocycles. The number of hydrogen-bond donors (Lipinski definition) is 1. The molecular formula is C13H17N3O3. The smallest absolute Gasteiger partial charge is 0.269 e. The third kappa shape index (κ3) is 2.73. The number of carbonyl (C=O) groups excluding carboxylic acids is 1. The van der Waals surface area contributed by atoms with Gasteiger partial charge in [-0.3, -0.25) is 14.9 Å². The Morgan fingerprint density at radius 1 is 1.47 bits per heavy atom. The van der Waals surface area contributed by atoms with Crippen molar-refractivity contribution in [3.05, 3.63) is 39.9 Å². The van der Waals surface area contributed by atoms with E-state index >= 15 is 0 Å². The summed E-state index contributed by atoms with van der Waals surface area (Å²) in [5, 5.41) is 10.6. The first-order valence-corrected chi connectivity index (χ1v) is 6.19. The number of carbonyl (C=O) groups is 1. The van der Waals surface area contributed by atoms with Gasteiger partial charge in [-0.2, -0.15) is 0 Å². The Balaban J connectivity index is 2.10. The van der Waals surface area contributed by atoms with Gasteiger partial charge in [-0.15, -0.1) is 0 Å². The van der Waals surface area contributed by atoms with Crippen LogP contribution in [-0.2, 0) is 0 Å². The minimum Gasteiger partial charge on any atom is -0.338 e. The molecule has 0 bridgehead atoms. The molecule has 2 rings (SSSR count). The van der Waals surface area contributed by atoms with E-state index in [0.717, 1.165) is 6.42 Å². The summed E-state index contributed by atoms with van der Waals surface area (Å²) in [6.07, 6.45) is 0.891. The highest BCUT2D eigenvalue weighted by Gasteiger charge is 2.35. The third-order valence-corrected chi connectivity index (χ3v) is 3.66. The number of nitro benzene ring substituents is 1. The maximum absolute atomic E-state index is 12.2. The van der Waals surface area contributed by atoms with Crippen molar-refractivity contribution in [1.82, 2.24) is 4.90 Å². The van der Waals surface area contributed by atoms with Crippen molar-refractivity contribution in [2.75, 3.05) is 19.6 Å². The van der Waals surface area contributed by atoms with Crippen molar-refractivity contribution < 1.29 is 9.72 Å². The predicted octanol–water partition coefficient (Wildman–Crippen LogP) is 1.41. The molecule has 1 aromatic rings. The SMILES string of the molecule is CC1(CN)CCN(C(=O)c2ccc([N+](=O)[O-])cc2)C1. The van der Waals surface area contributed by atoms with E-state index in [2.05, 4.69) is 6.92 Å². The highest BCUT2D eigenvalue weighted by molar-refractivity contribution is 5.94. The summed E-state index contributed by atoms with van der Waals surface area (Å²) >= 11 is 0. The Kier molecular flexibility index (Phi) is 3.53. The number of likely N-dealkylation sites (tertiary alicyclic amines) is 1. The molecule has 19 heavy (non-hydrogen) atoms. The van der Waals surface area contributed by atoms with Crippen LogP contribution in [-0.4, -0.2) is 35.4 Å². The zero-order valence-electron chi connectivity index (χ0n) is 10.8. The van der Waals surface area contributed by atoms with Crippen LogP contribution in [0.2, 0.25) is 0 Å². The standard InChI is InChI=1S/C13H17N3O3/c1-13(8-14)6-7-15(9-13)12(17)10-2-4-11(5-3-10)16(18)19/h2-5H,6-9,14H2,1H3. The summed E-state index contributed by atoms with van der Waals surface area (Å²) in [4.78, 5) is 24.1. The van der Waals surface area contributed by atoms with E-state index < -0.39 is 4.92 Å². The van der Waals surface area contributed by atoms with E-state index in [1.165, 1.54) is 24.3 Å². The van der Waals surface area contributed by atoms with Gasteiger partial charge in [-0.05, 0) is 30.5 Å². The van der Waals surface area contributed by atoms with Gasteiger partial charge < -0.3 is 10.6 Å². The number of non-ortho nitro benzene ring substituents is 1. The van der Waals surface area contributed by atoms with Crippen LogP contribution in [0.5, 0.6) is 0 Å². The van der Waals surface area contributed by atoms with E-state index in [0.29, 0.717) is 25.2 Å². The molecule has 1 aromatic carbocycles. The Hall–Kier alpha value is -1.95. The average Bonchev–Trinajstić information content (AvgIpc) is 2.81. The van der Waals surface area contributed by atoms with Gasteiger partial charge in [0.05, 0.1) is 4.92 Å². The largest absolute Gasteiger partial charge is 0.338 e. The van der Waals surface area contributed by atoms with Crippen molar-refractivity contribution in [3.63, 3.8) is 0 Å². The first kappa shape index (κ1) is 13.5. The molecule has 0 aliphatic carbocycles. The van der Waals surface area contributed by atoms with Crippen molar-refractivity contribution in [2.24, 2.45) is 11.1 Å². The molecule has 2 N–H and O–H groups in total. The molecule has 1 heterocycles. The fraction of sp³-hybridized carbons (Fsp3) is 0.462. The van der Waals surface area contributed by atoms with Crippen LogP contribution < -0.4 is 5.73 Å². The van der Waals surface area contributed by atoms with Crippen LogP contribution in [0.3, 0.4) is 0 Å². The van der Waals surface area contributed by atoms with E-state index in [9.17, 15) is 14.9 Å². The Morgan fingerprint density at radius 2 is 2.11 bits per heavy atom. The molecule has 102 valence electrons. The number of amides is 1. The Morgan fingerprint density at radius 3 is 2.58 bits per heavy atom. The Labute approximate surface area is 111 Å². The van der Waals surface area contributed by atoms with Crippen molar-refractivity contribution in [1.29, 1.82) is 0 Å². The van der Waals surface area contributed by atoms with Crippen molar-refractivity contribution >= 4 is 11.6 Å². The topological polar surface area (TPSA) is 89.5 Å². The van der Waals surface area contributed by atoms with Crippen molar-refractivity contribution in [2.45, 2.75) is 13.3 Å². The highest BCUT2D eigenvalue weighted by Crippen LogP contribution is 2.29.